The third-order valence-electron chi connectivity index (χ3n) is 6.35. The summed E-state index contributed by atoms with van der Waals surface area (Å²) in [6, 6.07) is -2.12. The van der Waals surface area contributed by atoms with Crippen molar-refractivity contribution in [1.82, 2.24) is 36.3 Å². The summed E-state index contributed by atoms with van der Waals surface area (Å²) in [5, 5.41) is 25.5. The number of nitrogens with zero attached hydrogens (tertiary/aromatic N) is 3. The number of aliphatic carboxylic acids is 1. The van der Waals surface area contributed by atoms with Gasteiger partial charge in [0.1, 0.15) is 28.4 Å². The summed E-state index contributed by atoms with van der Waals surface area (Å²) >= 11 is 0. The molecule has 0 saturated carbocycles. The number of carboxylic acids is 1. The van der Waals surface area contributed by atoms with Crippen LogP contribution in [0.1, 0.15) is 60.1 Å². The van der Waals surface area contributed by atoms with E-state index < -0.39 is 70.4 Å². The lowest BCUT2D eigenvalue weighted by Gasteiger charge is -2.33. The van der Waals surface area contributed by atoms with Crippen LogP contribution in [0.15, 0.2) is 6.20 Å². The molecule has 4 amide bonds. The average molecular weight is 667 g/mol. The molecule has 260 valence electrons. The van der Waals surface area contributed by atoms with Crippen LogP contribution in [0.3, 0.4) is 0 Å². The van der Waals surface area contributed by atoms with E-state index in [-0.39, 0.29) is 13.2 Å². The number of fused-ring (bicyclic) bond motifs is 2. The Morgan fingerprint density at radius 2 is 1.67 bits per heavy atom. The number of rotatable bonds is 3. The SMILES string of the molecule is COC(=O)C(C)(C)NC(=O)[C@@H]1COCc2cn(nn2)CCC[C@H](N)C(=O)NC(C)(C)C(=O)NC(C)(C)C(=O)N1.O=C(O)C(F)(F)F. The topological polar surface area (TPSA) is 246 Å². The molecule has 0 aliphatic carbocycles. The van der Waals surface area contributed by atoms with E-state index in [0.717, 1.165) is 0 Å². The molecule has 17 nitrogen and oxygen atoms in total. The number of carbonyl (C=O) groups is 6. The Bertz CT molecular complexity index is 1280. The molecule has 0 radical (unpaired) electrons. The van der Waals surface area contributed by atoms with Crippen LogP contribution in [-0.2, 0) is 51.4 Å². The lowest BCUT2D eigenvalue weighted by atomic mass is 9.97. The van der Waals surface area contributed by atoms with Gasteiger partial charge in [0.25, 0.3) is 0 Å². The molecule has 1 aliphatic rings. The number of alkyl halides is 3. The molecule has 0 aromatic carbocycles. The Hall–Kier alpha value is -4.33. The molecule has 7 N–H and O–H groups in total. The Kier molecular flexibility index (Phi) is 13.6. The van der Waals surface area contributed by atoms with Gasteiger partial charge < -0.3 is 41.6 Å². The first-order valence-electron chi connectivity index (χ1n) is 13.8. The molecule has 2 atom stereocenters. The number of esters is 1. The van der Waals surface area contributed by atoms with Crippen LogP contribution in [0, 0.1) is 0 Å². The predicted octanol–water partition coefficient (Wildman–Crippen LogP) is -1.11. The maximum atomic E-state index is 13.2. The summed E-state index contributed by atoms with van der Waals surface area (Å²) < 4.78 is 43.7. The first-order chi connectivity index (χ1) is 20.9. The van der Waals surface area contributed by atoms with E-state index in [1.807, 2.05) is 0 Å². The van der Waals surface area contributed by atoms with E-state index >= 15 is 0 Å². The van der Waals surface area contributed by atoms with Crippen LogP contribution < -0.4 is 27.0 Å². The largest absolute Gasteiger partial charge is 0.490 e. The lowest BCUT2D eigenvalue weighted by molar-refractivity contribution is -0.192. The lowest BCUT2D eigenvalue weighted by Crippen LogP contribution is -2.66. The molecule has 2 rings (SSSR count). The molecule has 46 heavy (non-hydrogen) atoms. The van der Waals surface area contributed by atoms with Gasteiger partial charge in [-0.2, -0.15) is 13.2 Å². The molecular weight excluding hydrogens is 625 g/mol. The van der Waals surface area contributed by atoms with Gasteiger partial charge in [-0.15, -0.1) is 5.10 Å². The number of aryl methyl sites for hydroxylation is 1. The normalized spacial score (nSPS) is 21.3. The number of carboxylic acid groups (broad SMARTS) is 1. The van der Waals surface area contributed by atoms with E-state index in [2.05, 4.69) is 31.6 Å². The van der Waals surface area contributed by atoms with Gasteiger partial charge in [0.15, 0.2) is 0 Å². The standard InChI is InChI=1S/C24H40N8O7.C2HF3O2/c1-22(2)19(35)26-16(18(34)28-24(5,6)21(37)38-7)13-39-12-14-11-32(31-30-14)10-8-9-15(25)17(33)27-23(3,4)20(36)29-22;3-2(4,5)1(6)7/h11,15-16H,8-10,12-13,25H2,1-7H3,(H,26,35)(H,27,33)(H,28,34)(H,29,36);(H,6,7)/t15-,16-;/m0./s1. The van der Waals surface area contributed by atoms with Crippen LogP contribution >= 0.6 is 0 Å². The first-order valence-corrected chi connectivity index (χ1v) is 13.8. The number of nitrogens with one attached hydrogen (secondary N) is 4. The highest BCUT2D eigenvalue weighted by molar-refractivity contribution is 5.98. The van der Waals surface area contributed by atoms with Crippen LogP contribution in [-0.4, -0.2) is 104 Å². The minimum Gasteiger partial charge on any atom is -0.475 e. The van der Waals surface area contributed by atoms with E-state index in [1.165, 1.54) is 48.7 Å². The number of hydrogen-bond donors (Lipinski definition) is 6. The van der Waals surface area contributed by atoms with Crippen molar-refractivity contribution in [3.63, 3.8) is 0 Å². The Labute approximate surface area is 262 Å². The number of halogens is 3. The van der Waals surface area contributed by atoms with Gasteiger partial charge in [0, 0.05) is 6.54 Å². The van der Waals surface area contributed by atoms with Crippen LogP contribution in [0.25, 0.3) is 0 Å². The third kappa shape index (κ3) is 12.2. The number of nitrogens with two attached hydrogens (primary N) is 1. The number of aromatic nitrogens is 3. The highest BCUT2D eigenvalue weighted by atomic mass is 19.4. The summed E-state index contributed by atoms with van der Waals surface area (Å²) in [5.74, 6) is -6.02. The van der Waals surface area contributed by atoms with Gasteiger partial charge in [-0.1, -0.05) is 5.21 Å². The second-order valence-electron chi connectivity index (χ2n) is 11.9. The molecule has 0 spiro atoms. The predicted molar refractivity (Wildman–Crippen MR) is 151 cm³/mol. The monoisotopic (exact) mass is 666 g/mol. The van der Waals surface area contributed by atoms with E-state index in [9.17, 15) is 37.1 Å². The molecule has 0 fully saturated rings. The molecule has 20 heteroatoms. The molecular formula is C26H41F3N8O9. The van der Waals surface area contributed by atoms with Crippen molar-refractivity contribution in [1.29, 1.82) is 0 Å². The zero-order valence-corrected chi connectivity index (χ0v) is 26.5. The molecule has 1 aromatic rings. The van der Waals surface area contributed by atoms with Gasteiger partial charge in [-0.3, -0.25) is 23.9 Å². The second kappa shape index (κ2) is 15.8. The quantitative estimate of drug-likeness (QED) is 0.210. The van der Waals surface area contributed by atoms with E-state index in [0.29, 0.717) is 25.1 Å². The number of hydrogen-bond acceptors (Lipinski definition) is 11. The Balaban J connectivity index is 0.00000135. The van der Waals surface area contributed by atoms with Crippen molar-refractivity contribution in [2.24, 2.45) is 5.73 Å². The maximum absolute atomic E-state index is 13.2. The molecule has 2 bridgehead atoms. The van der Waals surface area contributed by atoms with E-state index in [1.54, 1.807) is 10.9 Å². The van der Waals surface area contributed by atoms with Crippen molar-refractivity contribution in [2.75, 3.05) is 13.7 Å². The number of methoxy groups -OCH3 is 1. The molecule has 1 aromatic heterocycles. The van der Waals surface area contributed by atoms with Crippen molar-refractivity contribution in [2.45, 2.75) is 102 Å². The van der Waals surface area contributed by atoms with Crippen molar-refractivity contribution >= 4 is 35.6 Å². The fourth-order valence-electron chi connectivity index (χ4n) is 3.58. The summed E-state index contributed by atoms with van der Waals surface area (Å²) in [7, 11) is 1.19. The van der Waals surface area contributed by atoms with Gasteiger partial charge in [0.2, 0.25) is 23.6 Å². The van der Waals surface area contributed by atoms with Crippen LogP contribution in [0.4, 0.5) is 13.2 Å². The van der Waals surface area contributed by atoms with Gasteiger partial charge in [-0.05, 0) is 54.4 Å². The summed E-state index contributed by atoms with van der Waals surface area (Å²) in [4.78, 5) is 73.0. The van der Waals surface area contributed by atoms with Crippen molar-refractivity contribution in [3.05, 3.63) is 11.9 Å². The van der Waals surface area contributed by atoms with Crippen molar-refractivity contribution < 1.29 is 56.5 Å². The Morgan fingerprint density at radius 3 is 2.22 bits per heavy atom. The maximum Gasteiger partial charge on any atom is 0.490 e. The highest BCUT2D eigenvalue weighted by Gasteiger charge is 2.40. The van der Waals surface area contributed by atoms with Gasteiger partial charge >= 0.3 is 18.1 Å². The molecule has 0 unspecified atom stereocenters. The second-order valence-corrected chi connectivity index (χ2v) is 11.9. The first kappa shape index (κ1) is 39.7. The van der Waals surface area contributed by atoms with Gasteiger partial charge in [-0.25, -0.2) is 9.59 Å². The number of ether oxygens (including phenoxy) is 2. The van der Waals surface area contributed by atoms with Crippen molar-refractivity contribution in [3.8, 4) is 0 Å². The number of carbonyl (C=O) groups excluding carboxylic acids is 5. The summed E-state index contributed by atoms with van der Waals surface area (Å²) in [5.41, 5.74) is 2.19. The van der Waals surface area contributed by atoms with Crippen LogP contribution in [0.2, 0.25) is 0 Å². The molecule has 2 heterocycles. The smallest absolute Gasteiger partial charge is 0.475 e. The van der Waals surface area contributed by atoms with Gasteiger partial charge in [0.05, 0.1) is 32.6 Å². The third-order valence-corrected chi connectivity index (χ3v) is 6.35. The highest BCUT2D eigenvalue weighted by Crippen LogP contribution is 2.14. The Morgan fingerprint density at radius 1 is 1.11 bits per heavy atom. The van der Waals surface area contributed by atoms with E-state index in [4.69, 9.17) is 25.1 Å². The number of amides is 4. The minimum absolute atomic E-state index is 0.0176. The minimum atomic E-state index is -5.08. The summed E-state index contributed by atoms with van der Waals surface area (Å²) in [6.45, 7) is 8.91. The fourth-order valence-corrected chi connectivity index (χ4v) is 3.58. The fraction of sp³-hybridized carbons (Fsp3) is 0.692. The summed E-state index contributed by atoms with van der Waals surface area (Å²) in [6.07, 6.45) is -2.57. The van der Waals surface area contributed by atoms with Crippen LogP contribution in [0.5, 0.6) is 0 Å². The zero-order chi connectivity index (χ0) is 35.7. The molecule has 1 aliphatic heterocycles. The average Bonchev–Trinajstić information content (AvgIpc) is 3.37. The molecule has 0 saturated heterocycles. The zero-order valence-electron chi connectivity index (χ0n) is 26.5.